The molecule has 20 heavy (non-hydrogen) atoms. The van der Waals surface area contributed by atoms with Gasteiger partial charge in [0.05, 0.1) is 6.61 Å². The number of nitrogens with zero attached hydrogens (tertiary/aromatic N) is 1. The van der Waals surface area contributed by atoms with Gasteiger partial charge in [0.15, 0.2) is 0 Å². The molecule has 0 fully saturated rings. The Morgan fingerprint density at radius 3 is 2.35 bits per heavy atom. The lowest BCUT2D eigenvalue weighted by Crippen LogP contribution is -2.16. The Morgan fingerprint density at radius 2 is 1.80 bits per heavy atom. The summed E-state index contributed by atoms with van der Waals surface area (Å²) in [5.41, 5.74) is 7.29. The Bertz CT molecular complexity index is 598. The molecule has 2 rings (SSSR count). The zero-order valence-corrected chi connectivity index (χ0v) is 10.2. The van der Waals surface area contributed by atoms with E-state index in [1.54, 1.807) is 6.07 Å². The normalized spacial score (nSPS) is 11.4. The Labute approximate surface area is 112 Å². The highest BCUT2D eigenvalue weighted by Crippen LogP contribution is 2.27. The summed E-state index contributed by atoms with van der Waals surface area (Å²) in [5, 5.41) is 9.10. The number of aromatic nitrogens is 1. The topological polar surface area (TPSA) is 68.4 Å². The second kappa shape index (κ2) is 5.38. The van der Waals surface area contributed by atoms with Gasteiger partial charge < -0.3 is 15.6 Å². The lowest BCUT2D eigenvalue weighted by Gasteiger charge is -2.10. The third-order valence-electron chi connectivity index (χ3n) is 2.59. The highest BCUT2D eigenvalue weighted by Gasteiger charge is 2.30. The first kappa shape index (κ1) is 14.1. The van der Waals surface area contributed by atoms with Crippen LogP contribution in [0.1, 0.15) is 5.56 Å². The minimum Gasteiger partial charge on any atom is -0.406 e. The largest absolute Gasteiger partial charge is 0.573 e. The summed E-state index contributed by atoms with van der Waals surface area (Å²) >= 11 is 0. The van der Waals surface area contributed by atoms with Crippen LogP contribution < -0.4 is 10.5 Å². The first-order valence-corrected chi connectivity index (χ1v) is 5.60. The number of halogens is 3. The second-order valence-electron chi connectivity index (χ2n) is 4.00. The molecular weight excluding hydrogens is 273 g/mol. The van der Waals surface area contributed by atoms with Crippen LogP contribution in [0.25, 0.3) is 11.1 Å². The van der Waals surface area contributed by atoms with Crippen LogP contribution in [0, 0.1) is 0 Å². The summed E-state index contributed by atoms with van der Waals surface area (Å²) in [7, 11) is 0. The Morgan fingerprint density at radius 1 is 1.15 bits per heavy atom. The van der Waals surface area contributed by atoms with Gasteiger partial charge in [-0.05, 0) is 23.8 Å². The van der Waals surface area contributed by atoms with Crippen molar-refractivity contribution in [2.45, 2.75) is 13.0 Å². The number of alkyl halides is 3. The van der Waals surface area contributed by atoms with E-state index >= 15 is 0 Å². The first-order valence-electron chi connectivity index (χ1n) is 5.60. The lowest BCUT2D eigenvalue weighted by molar-refractivity contribution is -0.274. The highest BCUT2D eigenvalue weighted by atomic mass is 19.4. The van der Waals surface area contributed by atoms with Crippen molar-refractivity contribution in [2.24, 2.45) is 0 Å². The molecule has 4 nitrogen and oxygen atoms in total. The van der Waals surface area contributed by atoms with Crippen LogP contribution in [0.15, 0.2) is 36.5 Å². The second-order valence-corrected chi connectivity index (χ2v) is 4.00. The molecule has 3 N–H and O–H groups in total. The standard InChI is InChI=1S/C13H11F3N2O2/c14-13(15,16)20-11-3-1-8(2-4-11)9-5-10(7-19)12(17)18-6-9/h1-6,19H,7H2,(H2,17,18). The molecule has 0 spiro atoms. The number of hydrogen-bond donors (Lipinski definition) is 2. The molecule has 0 aliphatic rings. The first-order chi connectivity index (χ1) is 9.39. The third kappa shape index (κ3) is 3.39. The number of rotatable bonds is 3. The predicted octanol–water partition coefficient (Wildman–Crippen LogP) is 2.72. The van der Waals surface area contributed by atoms with Crippen LogP contribution >= 0.6 is 0 Å². The van der Waals surface area contributed by atoms with E-state index in [1.807, 2.05) is 0 Å². The Hall–Kier alpha value is -2.28. The van der Waals surface area contributed by atoms with Gasteiger partial charge in [0.25, 0.3) is 0 Å². The number of benzene rings is 1. The molecule has 1 aromatic heterocycles. The van der Waals surface area contributed by atoms with Gasteiger partial charge in [-0.2, -0.15) is 0 Å². The summed E-state index contributed by atoms with van der Waals surface area (Å²) in [6.07, 6.45) is -3.23. The molecule has 0 saturated heterocycles. The summed E-state index contributed by atoms with van der Waals surface area (Å²) < 4.78 is 39.9. The van der Waals surface area contributed by atoms with Gasteiger partial charge in [-0.1, -0.05) is 12.1 Å². The summed E-state index contributed by atoms with van der Waals surface area (Å²) in [5.74, 6) is -0.0830. The number of ether oxygens (including phenoxy) is 1. The Kier molecular flexibility index (Phi) is 3.80. The average Bonchev–Trinajstić information content (AvgIpc) is 2.38. The number of pyridine rings is 1. The molecule has 0 aliphatic heterocycles. The molecule has 0 bridgehead atoms. The van der Waals surface area contributed by atoms with Crippen molar-refractivity contribution < 1.29 is 23.0 Å². The molecule has 1 aromatic carbocycles. The van der Waals surface area contributed by atoms with Crippen LogP contribution in [0.3, 0.4) is 0 Å². The minimum atomic E-state index is -4.71. The molecule has 0 radical (unpaired) electrons. The molecular formula is C13H11F3N2O2. The molecule has 7 heteroatoms. The van der Waals surface area contributed by atoms with Crippen molar-refractivity contribution in [3.8, 4) is 16.9 Å². The lowest BCUT2D eigenvalue weighted by atomic mass is 10.1. The van der Waals surface area contributed by atoms with E-state index in [9.17, 15) is 13.2 Å². The fraction of sp³-hybridized carbons (Fsp3) is 0.154. The zero-order chi connectivity index (χ0) is 14.8. The summed E-state index contributed by atoms with van der Waals surface area (Å²) in [4.78, 5) is 3.91. The molecule has 0 atom stereocenters. The molecule has 106 valence electrons. The van der Waals surface area contributed by atoms with Gasteiger partial charge in [-0.15, -0.1) is 13.2 Å². The van der Waals surface area contributed by atoms with Crippen molar-refractivity contribution in [2.75, 3.05) is 5.73 Å². The Balaban J connectivity index is 2.26. The van der Waals surface area contributed by atoms with Crippen LogP contribution in [0.2, 0.25) is 0 Å². The number of aliphatic hydroxyl groups is 1. The van der Waals surface area contributed by atoms with Gasteiger partial charge in [0.1, 0.15) is 11.6 Å². The van der Waals surface area contributed by atoms with Crippen molar-refractivity contribution >= 4 is 5.82 Å². The van der Waals surface area contributed by atoms with Gasteiger partial charge in [0.2, 0.25) is 0 Å². The molecule has 0 amide bonds. The maximum absolute atomic E-state index is 12.0. The maximum Gasteiger partial charge on any atom is 0.573 e. The van der Waals surface area contributed by atoms with Crippen molar-refractivity contribution in [1.29, 1.82) is 0 Å². The van der Waals surface area contributed by atoms with Gasteiger partial charge >= 0.3 is 6.36 Å². The average molecular weight is 284 g/mol. The molecule has 1 heterocycles. The summed E-state index contributed by atoms with van der Waals surface area (Å²) in [6.45, 7) is -0.262. The van der Waals surface area contributed by atoms with Crippen LogP contribution in [-0.4, -0.2) is 16.5 Å². The number of nitrogens with two attached hydrogens (primary N) is 1. The number of aliphatic hydroxyl groups excluding tert-OH is 1. The molecule has 0 saturated carbocycles. The van der Waals surface area contributed by atoms with Gasteiger partial charge in [0, 0.05) is 17.3 Å². The SMILES string of the molecule is Nc1ncc(-c2ccc(OC(F)(F)F)cc2)cc1CO. The quantitative estimate of drug-likeness (QED) is 0.909. The third-order valence-corrected chi connectivity index (χ3v) is 2.59. The van der Waals surface area contributed by atoms with Crippen molar-refractivity contribution in [1.82, 2.24) is 4.98 Å². The number of hydrogen-bond acceptors (Lipinski definition) is 4. The number of nitrogen functional groups attached to an aromatic ring is 1. The summed E-state index contributed by atoms with van der Waals surface area (Å²) in [6, 6.07) is 6.97. The van der Waals surface area contributed by atoms with E-state index < -0.39 is 6.36 Å². The van der Waals surface area contributed by atoms with Gasteiger partial charge in [-0.25, -0.2) is 4.98 Å². The highest BCUT2D eigenvalue weighted by molar-refractivity contribution is 5.65. The smallest absolute Gasteiger partial charge is 0.406 e. The van der Waals surface area contributed by atoms with E-state index in [-0.39, 0.29) is 18.2 Å². The fourth-order valence-electron chi connectivity index (χ4n) is 1.65. The molecule has 0 aliphatic carbocycles. The fourth-order valence-corrected chi connectivity index (χ4v) is 1.65. The van der Waals surface area contributed by atoms with Crippen LogP contribution in [0.5, 0.6) is 5.75 Å². The van der Waals surface area contributed by atoms with Crippen LogP contribution in [0.4, 0.5) is 19.0 Å². The zero-order valence-electron chi connectivity index (χ0n) is 10.2. The number of anilines is 1. The van der Waals surface area contributed by atoms with Crippen molar-refractivity contribution in [3.05, 3.63) is 42.1 Å². The van der Waals surface area contributed by atoms with E-state index in [0.29, 0.717) is 16.7 Å². The predicted molar refractivity (Wildman–Crippen MR) is 66.7 cm³/mol. The van der Waals surface area contributed by atoms with E-state index in [2.05, 4.69) is 9.72 Å². The van der Waals surface area contributed by atoms with Gasteiger partial charge in [-0.3, -0.25) is 0 Å². The molecule has 2 aromatic rings. The monoisotopic (exact) mass is 284 g/mol. The molecule has 0 unspecified atom stereocenters. The maximum atomic E-state index is 12.0. The van der Waals surface area contributed by atoms with E-state index in [4.69, 9.17) is 10.8 Å². The van der Waals surface area contributed by atoms with Crippen molar-refractivity contribution in [3.63, 3.8) is 0 Å². The van der Waals surface area contributed by atoms with E-state index in [0.717, 1.165) is 0 Å². The van der Waals surface area contributed by atoms with Crippen LogP contribution in [-0.2, 0) is 6.61 Å². The minimum absolute atomic E-state index is 0.216. The van der Waals surface area contributed by atoms with E-state index in [1.165, 1.54) is 30.5 Å².